The van der Waals surface area contributed by atoms with Crippen molar-refractivity contribution in [1.82, 2.24) is 10.2 Å². The molecular formula is C20H18ClN3O3. The molecule has 4 rings (SSSR count). The zero-order valence-electron chi connectivity index (χ0n) is 14.7. The Balaban J connectivity index is 1.72. The molecule has 0 saturated heterocycles. The number of benzene rings is 2. The fourth-order valence-corrected chi connectivity index (χ4v) is 3.50. The second kappa shape index (κ2) is 7.32. The van der Waals surface area contributed by atoms with Gasteiger partial charge >= 0.3 is 0 Å². The SMILES string of the molecule is COc1cccc([C@H]2CC(=O)Nc3[nH]ncc32)c1OCc1ccccc1Cl. The molecule has 2 aromatic carbocycles. The average Bonchev–Trinajstić information content (AvgIpc) is 3.15. The first-order valence-electron chi connectivity index (χ1n) is 8.53. The highest BCUT2D eigenvalue weighted by atomic mass is 35.5. The third kappa shape index (κ3) is 3.36. The number of methoxy groups -OCH3 is 1. The van der Waals surface area contributed by atoms with Gasteiger partial charge in [0.15, 0.2) is 11.5 Å². The molecule has 0 bridgehead atoms. The number of amides is 1. The van der Waals surface area contributed by atoms with Gasteiger partial charge in [0.05, 0.1) is 13.3 Å². The number of hydrogen-bond donors (Lipinski definition) is 2. The summed E-state index contributed by atoms with van der Waals surface area (Å²) >= 11 is 6.25. The maximum atomic E-state index is 12.1. The summed E-state index contributed by atoms with van der Waals surface area (Å²) in [7, 11) is 1.60. The van der Waals surface area contributed by atoms with Gasteiger partial charge in [0.1, 0.15) is 12.4 Å². The molecule has 1 amide bonds. The van der Waals surface area contributed by atoms with Gasteiger partial charge in [-0.3, -0.25) is 9.89 Å². The Morgan fingerprint density at radius 3 is 2.85 bits per heavy atom. The average molecular weight is 384 g/mol. The lowest BCUT2D eigenvalue weighted by molar-refractivity contribution is -0.116. The Kier molecular flexibility index (Phi) is 4.73. The molecule has 1 aromatic heterocycles. The minimum atomic E-state index is -0.177. The lowest BCUT2D eigenvalue weighted by atomic mass is 9.86. The number of aromatic nitrogens is 2. The molecule has 0 aliphatic carbocycles. The van der Waals surface area contributed by atoms with Crippen molar-refractivity contribution in [1.29, 1.82) is 0 Å². The van der Waals surface area contributed by atoms with Gasteiger partial charge < -0.3 is 14.8 Å². The highest BCUT2D eigenvalue weighted by Crippen LogP contribution is 2.43. The van der Waals surface area contributed by atoms with Gasteiger partial charge in [0.25, 0.3) is 0 Å². The predicted octanol–water partition coefficient (Wildman–Crippen LogP) is 4.12. The normalized spacial score (nSPS) is 15.8. The van der Waals surface area contributed by atoms with E-state index < -0.39 is 0 Å². The van der Waals surface area contributed by atoms with Crippen molar-refractivity contribution >= 4 is 23.3 Å². The van der Waals surface area contributed by atoms with E-state index in [0.717, 1.165) is 16.7 Å². The molecule has 3 aromatic rings. The molecule has 0 radical (unpaired) electrons. The Hall–Kier alpha value is -2.99. The monoisotopic (exact) mass is 383 g/mol. The van der Waals surface area contributed by atoms with Crippen LogP contribution in [-0.4, -0.2) is 23.2 Å². The van der Waals surface area contributed by atoms with Crippen LogP contribution in [0.15, 0.2) is 48.7 Å². The van der Waals surface area contributed by atoms with E-state index in [0.29, 0.717) is 35.4 Å². The first kappa shape index (κ1) is 17.4. The number of rotatable bonds is 5. The second-order valence-electron chi connectivity index (χ2n) is 6.26. The van der Waals surface area contributed by atoms with Crippen LogP contribution in [-0.2, 0) is 11.4 Å². The van der Waals surface area contributed by atoms with Crippen LogP contribution in [0.4, 0.5) is 5.82 Å². The molecule has 27 heavy (non-hydrogen) atoms. The number of para-hydroxylation sites is 1. The van der Waals surface area contributed by atoms with Crippen LogP contribution in [0, 0.1) is 0 Å². The molecule has 1 aliphatic heterocycles. The van der Waals surface area contributed by atoms with Crippen molar-refractivity contribution in [2.24, 2.45) is 0 Å². The van der Waals surface area contributed by atoms with E-state index in [1.165, 1.54) is 0 Å². The third-order valence-electron chi connectivity index (χ3n) is 4.63. The molecule has 1 atom stereocenters. The summed E-state index contributed by atoms with van der Waals surface area (Å²) in [6.07, 6.45) is 2.04. The quantitative estimate of drug-likeness (QED) is 0.694. The third-order valence-corrected chi connectivity index (χ3v) is 5.00. The standard InChI is InChI=1S/C20H18ClN3O3/c1-26-17-8-4-6-13(14-9-18(25)23-20-15(14)10-22-24-20)19(17)27-11-12-5-2-3-7-16(12)21/h2-8,10,14H,9,11H2,1H3,(H2,22,23,24,25)/t14-/m1/s1. The predicted molar refractivity (Wildman–Crippen MR) is 102 cm³/mol. The molecular weight excluding hydrogens is 366 g/mol. The van der Waals surface area contributed by atoms with E-state index in [1.807, 2.05) is 42.5 Å². The number of ether oxygens (including phenoxy) is 2. The molecule has 7 heteroatoms. The number of nitrogens with one attached hydrogen (secondary N) is 2. The van der Waals surface area contributed by atoms with E-state index in [1.54, 1.807) is 13.3 Å². The summed E-state index contributed by atoms with van der Waals surface area (Å²) < 4.78 is 11.6. The lowest BCUT2D eigenvalue weighted by Gasteiger charge is -2.25. The van der Waals surface area contributed by atoms with Gasteiger partial charge in [0, 0.05) is 34.1 Å². The number of fused-ring (bicyclic) bond motifs is 1. The Labute approximate surface area is 161 Å². The number of aromatic amines is 1. The van der Waals surface area contributed by atoms with Crippen molar-refractivity contribution in [3.63, 3.8) is 0 Å². The largest absolute Gasteiger partial charge is 0.493 e. The lowest BCUT2D eigenvalue weighted by Crippen LogP contribution is -2.23. The maximum absolute atomic E-state index is 12.1. The molecule has 138 valence electrons. The molecule has 6 nitrogen and oxygen atoms in total. The van der Waals surface area contributed by atoms with Crippen LogP contribution in [0.25, 0.3) is 0 Å². The number of anilines is 1. The van der Waals surface area contributed by atoms with E-state index >= 15 is 0 Å². The fourth-order valence-electron chi connectivity index (χ4n) is 3.31. The number of nitrogens with zero attached hydrogens (tertiary/aromatic N) is 1. The summed E-state index contributed by atoms with van der Waals surface area (Å²) in [6, 6.07) is 13.2. The summed E-state index contributed by atoms with van der Waals surface area (Å²) in [6.45, 7) is 0.296. The zero-order valence-corrected chi connectivity index (χ0v) is 15.4. The Morgan fingerprint density at radius 2 is 2.04 bits per heavy atom. The van der Waals surface area contributed by atoms with Crippen LogP contribution < -0.4 is 14.8 Å². The first-order chi connectivity index (χ1) is 13.2. The molecule has 0 fully saturated rings. The topological polar surface area (TPSA) is 76.2 Å². The first-order valence-corrected chi connectivity index (χ1v) is 8.91. The van der Waals surface area contributed by atoms with E-state index in [2.05, 4.69) is 15.5 Å². The van der Waals surface area contributed by atoms with Crippen LogP contribution in [0.2, 0.25) is 5.02 Å². The number of carbonyl (C=O) groups excluding carboxylic acids is 1. The fraction of sp³-hybridized carbons (Fsp3) is 0.200. The van der Waals surface area contributed by atoms with Crippen molar-refractivity contribution in [2.75, 3.05) is 12.4 Å². The van der Waals surface area contributed by atoms with Crippen LogP contribution in [0.1, 0.15) is 29.0 Å². The van der Waals surface area contributed by atoms with Crippen molar-refractivity contribution in [3.8, 4) is 11.5 Å². The van der Waals surface area contributed by atoms with E-state index in [-0.39, 0.29) is 11.8 Å². The number of H-pyrrole nitrogens is 1. The smallest absolute Gasteiger partial charge is 0.226 e. The minimum Gasteiger partial charge on any atom is -0.493 e. The van der Waals surface area contributed by atoms with Gasteiger partial charge in [-0.2, -0.15) is 5.10 Å². The molecule has 1 aliphatic rings. The van der Waals surface area contributed by atoms with Gasteiger partial charge in [-0.25, -0.2) is 0 Å². The van der Waals surface area contributed by atoms with Crippen LogP contribution in [0.5, 0.6) is 11.5 Å². The summed E-state index contributed by atoms with van der Waals surface area (Å²) in [5.41, 5.74) is 2.67. The maximum Gasteiger partial charge on any atom is 0.226 e. The Bertz CT molecular complexity index is 986. The molecule has 0 saturated carbocycles. The van der Waals surface area contributed by atoms with E-state index in [9.17, 15) is 4.79 Å². The summed E-state index contributed by atoms with van der Waals surface area (Å²) in [5, 5.41) is 10.3. The van der Waals surface area contributed by atoms with Gasteiger partial charge in [-0.1, -0.05) is 41.9 Å². The van der Waals surface area contributed by atoms with Crippen molar-refractivity contribution < 1.29 is 14.3 Å². The Morgan fingerprint density at radius 1 is 1.19 bits per heavy atom. The second-order valence-corrected chi connectivity index (χ2v) is 6.67. The molecule has 0 spiro atoms. The minimum absolute atomic E-state index is 0.0726. The number of carbonyl (C=O) groups is 1. The number of hydrogen-bond acceptors (Lipinski definition) is 4. The highest BCUT2D eigenvalue weighted by molar-refractivity contribution is 6.31. The van der Waals surface area contributed by atoms with Gasteiger partial charge in [-0.15, -0.1) is 0 Å². The van der Waals surface area contributed by atoms with Gasteiger partial charge in [0.2, 0.25) is 5.91 Å². The van der Waals surface area contributed by atoms with Gasteiger partial charge in [-0.05, 0) is 12.1 Å². The van der Waals surface area contributed by atoms with Crippen LogP contribution >= 0.6 is 11.6 Å². The molecule has 2 heterocycles. The van der Waals surface area contributed by atoms with E-state index in [4.69, 9.17) is 21.1 Å². The van der Waals surface area contributed by atoms with Crippen molar-refractivity contribution in [2.45, 2.75) is 18.9 Å². The summed E-state index contributed by atoms with van der Waals surface area (Å²) in [4.78, 5) is 12.1. The summed E-state index contributed by atoms with van der Waals surface area (Å²) in [5.74, 6) is 1.58. The molecule has 2 N–H and O–H groups in total. The van der Waals surface area contributed by atoms with Crippen molar-refractivity contribution in [3.05, 3.63) is 70.4 Å². The molecule has 0 unspecified atom stereocenters. The van der Waals surface area contributed by atoms with Crippen LogP contribution in [0.3, 0.4) is 0 Å². The number of halogens is 1. The zero-order chi connectivity index (χ0) is 18.8. The highest BCUT2D eigenvalue weighted by Gasteiger charge is 2.31.